The Balaban J connectivity index is 1.41. The molecular formula is C18H21N3O3S. The van der Waals surface area contributed by atoms with Crippen molar-refractivity contribution >= 4 is 17.7 Å². The third-order valence-electron chi connectivity index (χ3n) is 3.95. The lowest BCUT2D eigenvalue weighted by molar-refractivity contribution is -0.127. The number of hydrogen-bond donors (Lipinski definition) is 0. The fourth-order valence-corrected chi connectivity index (χ4v) is 3.51. The Kier molecular flexibility index (Phi) is 6.11. The highest BCUT2D eigenvalue weighted by Gasteiger charge is 2.27. The Bertz CT molecular complexity index is 682. The zero-order valence-electron chi connectivity index (χ0n) is 14.1. The van der Waals surface area contributed by atoms with Gasteiger partial charge in [-0.25, -0.2) is 0 Å². The number of ether oxygens (including phenoxy) is 2. The average molecular weight is 359 g/mol. The van der Waals surface area contributed by atoms with Gasteiger partial charge in [0.1, 0.15) is 6.10 Å². The summed E-state index contributed by atoms with van der Waals surface area (Å²) < 4.78 is 10.8. The first-order valence-corrected chi connectivity index (χ1v) is 9.34. The molecule has 1 atom stereocenters. The van der Waals surface area contributed by atoms with E-state index >= 15 is 0 Å². The van der Waals surface area contributed by atoms with Crippen molar-refractivity contribution in [3.63, 3.8) is 0 Å². The van der Waals surface area contributed by atoms with E-state index in [-0.39, 0.29) is 12.0 Å². The number of carbonyl (C=O) groups excluding carboxylic acids is 1. The number of thioether (sulfide) groups is 1. The minimum atomic E-state index is -0.0363. The van der Waals surface area contributed by atoms with Crippen molar-refractivity contribution in [1.29, 1.82) is 0 Å². The second kappa shape index (κ2) is 8.71. The van der Waals surface area contributed by atoms with Crippen LogP contribution in [0.1, 0.15) is 12.0 Å². The molecular weight excluding hydrogens is 338 g/mol. The Hall–Kier alpha value is -2.28. The van der Waals surface area contributed by atoms with Crippen molar-refractivity contribution in [2.45, 2.75) is 18.3 Å². The number of methoxy groups -OCH3 is 1. The summed E-state index contributed by atoms with van der Waals surface area (Å²) in [7, 11) is 1.54. The number of hydrogen-bond acceptors (Lipinski definition) is 6. The van der Waals surface area contributed by atoms with E-state index in [1.54, 1.807) is 31.0 Å². The van der Waals surface area contributed by atoms with E-state index in [1.807, 2.05) is 23.1 Å². The van der Waals surface area contributed by atoms with Crippen molar-refractivity contribution in [2.24, 2.45) is 0 Å². The van der Waals surface area contributed by atoms with Crippen LogP contribution in [0.15, 0.2) is 42.5 Å². The molecule has 2 heterocycles. The van der Waals surface area contributed by atoms with Crippen LogP contribution >= 0.6 is 11.8 Å². The van der Waals surface area contributed by atoms with Gasteiger partial charge in [-0.1, -0.05) is 30.3 Å². The monoisotopic (exact) mass is 359 g/mol. The van der Waals surface area contributed by atoms with E-state index in [4.69, 9.17) is 9.47 Å². The van der Waals surface area contributed by atoms with Crippen LogP contribution in [0.4, 0.5) is 0 Å². The molecule has 2 aromatic rings. The molecule has 1 aromatic carbocycles. The minimum absolute atomic E-state index is 0.0363. The first-order valence-electron chi connectivity index (χ1n) is 8.18. The smallest absolute Gasteiger partial charge is 0.233 e. The van der Waals surface area contributed by atoms with Crippen molar-refractivity contribution in [3.8, 4) is 11.8 Å². The molecule has 1 aromatic heterocycles. The summed E-state index contributed by atoms with van der Waals surface area (Å²) >= 11 is 1.64. The van der Waals surface area contributed by atoms with Gasteiger partial charge in [0.15, 0.2) is 0 Å². The van der Waals surface area contributed by atoms with Gasteiger partial charge in [0.2, 0.25) is 17.7 Å². The molecule has 1 saturated heterocycles. The molecule has 1 fully saturated rings. The van der Waals surface area contributed by atoms with E-state index in [1.165, 1.54) is 5.56 Å². The van der Waals surface area contributed by atoms with Gasteiger partial charge in [-0.3, -0.25) is 4.79 Å². The Morgan fingerprint density at radius 1 is 1.20 bits per heavy atom. The van der Waals surface area contributed by atoms with Crippen LogP contribution in [-0.4, -0.2) is 53.1 Å². The molecule has 0 N–H and O–H groups in total. The third-order valence-corrected chi connectivity index (χ3v) is 4.94. The van der Waals surface area contributed by atoms with Gasteiger partial charge < -0.3 is 14.4 Å². The van der Waals surface area contributed by atoms with E-state index < -0.39 is 0 Å². The molecule has 0 saturated carbocycles. The van der Waals surface area contributed by atoms with Crippen molar-refractivity contribution in [1.82, 2.24) is 15.1 Å². The molecule has 25 heavy (non-hydrogen) atoms. The highest BCUT2D eigenvalue weighted by molar-refractivity contribution is 7.99. The van der Waals surface area contributed by atoms with Gasteiger partial charge in [-0.05, 0) is 5.56 Å². The Labute approximate surface area is 151 Å². The molecule has 1 aliphatic heterocycles. The fraction of sp³-hybridized carbons (Fsp3) is 0.389. The average Bonchev–Trinajstić information content (AvgIpc) is 3.12. The van der Waals surface area contributed by atoms with Crippen molar-refractivity contribution in [3.05, 3.63) is 48.0 Å². The minimum Gasteiger partial charge on any atom is -0.480 e. The standard InChI is InChI=1S/C18H21N3O3S/c1-23-16-7-8-17(20-19-16)24-15-9-10-21(11-15)18(22)13-25-12-14-5-3-2-4-6-14/h2-8,15H,9-13H2,1H3. The molecule has 0 bridgehead atoms. The van der Waals surface area contributed by atoms with E-state index in [2.05, 4.69) is 22.3 Å². The summed E-state index contributed by atoms with van der Waals surface area (Å²) in [6, 6.07) is 13.6. The number of aromatic nitrogens is 2. The number of likely N-dealkylation sites (tertiary alicyclic amines) is 1. The van der Waals surface area contributed by atoms with Gasteiger partial charge in [0, 0.05) is 30.9 Å². The number of amides is 1. The fourth-order valence-electron chi connectivity index (χ4n) is 2.62. The predicted octanol–water partition coefficient (Wildman–Crippen LogP) is 2.40. The Morgan fingerprint density at radius 3 is 2.68 bits per heavy atom. The van der Waals surface area contributed by atoms with Crippen LogP contribution in [0, 0.1) is 0 Å². The van der Waals surface area contributed by atoms with Crippen molar-refractivity contribution < 1.29 is 14.3 Å². The van der Waals surface area contributed by atoms with Crippen LogP contribution < -0.4 is 9.47 Å². The Morgan fingerprint density at radius 2 is 1.96 bits per heavy atom. The van der Waals surface area contributed by atoms with Crippen LogP contribution in [0.5, 0.6) is 11.8 Å². The largest absolute Gasteiger partial charge is 0.480 e. The first-order chi connectivity index (χ1) is 12.2. The van der Waals surface area contributed by atoms with Crippen LogP contribution in [0.25, 0.3) is 0 Å². The summed E-state index contributed by atoms with van der Waals surface area (Å²) in [5, 5.41) is 7.84. The first kappa shape index (κ1) is 17.5. The molecule has 0 spiro atoms. The number of rotatable bonds is 7. The van der Waals surface area contributed by atoms with Gasteiger partial charge in [0.25, 0.3) is 0 Å². The normalized spacial score (nSPS) is 16.7. The zero-order valence-corrected chi connectivity index (χ0v) is 14.9. The van der Waals surface area contributed by atoms with Gasteiger partial charge in [-0.15, -0.1) is 22.0 Å². The highest BCUT2D eigenvalue weighted by Crippen LogP contribution is 2.19. The lowest BCUT2D eigenvalue weighted by atomic mass is 10.2. The maximum atomic E-state index is 12.3. The molecule has 1 amide bonds. The van der Waals surface area contributed by atoms with E-state index in [0.29, 0.717) is 24.1 Å². The lowest BCUT2D eigenvalue weighted by Gasteiger charge is -2.16. The lowest BCUT2D eigenvalue weighted by Crippen LogP contribution is -2.32. The van der Waals surface area contributed by atoms with Gasteiger partial charge in [-0.2, -0.15) is 0 Å². The highest BCUT2D eigenvalue weighted by atomic mass is 32.2. The molecule has 0 radical (unpaired) electrons. The summed E-state index contributed by atoms with van der Waals surface area (Å²) in [6.07, 6.45) is 0.772. The summed E-state index contributed by atoms with van der Waals surface area (Å²) in [5.74, 6) is 2.41. The molecule has 7 heteroatoms. The predicted molar refractivity (Wildman–Crippen MR) is 96.8 cm³/mol. The molecule has 0 aliphatic carbocycles. The van der Waals surface area contributed by atoms with E-state index in [0.717, 1.165) is 18.7 Å². The topological polar surface area (TPSA) is 64.6 Å². The second-order valence-corrected chi connectivity index (χ2v) is 6.75. The van der Waals surface area contributed by atoms with Crippen molar-refractivity contribution in [2.75, 3.05) is 26.0 Å². The van der Waals surface area contributed by atoms with Crippen LogP contribution in [0.2, 0.25) is 0 Å². The number of nitrogens with zero attached hydrogens (tertiary/aromatic N) is 3. The van der Waals surface area contributed by atoms with E-state index in [9.17, 15) is 4.79 Å². The number of benzene rings is 1. The molecule has 1 aliphatic rings. The molecule has 1 unspecified atom stereocenters. The van der Waals surface area contributed by atoms with Gasteiger partial charge in [0.05, 0.1) is 19.4 Å². The van der Waals surface area contributed by atoms with Crippen LogP contribution in [-0.2, 0) is 10.5 Å². The van der Waals surface area contributed by atoms with Crippen LogP contribution in [0.3, 0.4) is 0 Å². The number of carbonyl (C=O) groups is 1. The maximum absolute atomic E-state index is 12.3. The second-order valence-electron chi connectivity index (χ2n) is 5.76. The molecule has 6 nitrogen and oxygen atoms in total. The summed E-state index contributed by atoms with van der Waals surface area (Å²) in [6.45, 7) is 1.32. The zero-order chi connectivity index (χ0) is 17.5. The summed E-state index contributed by atoms with van der Waals surface area (Å²) in [4.78, 5) is 14.2. The quantitative estimate of drug-likeness (QED) is 0.756. The third kappa shape index (κ3) is 5.09. The van der Waals surface area contributed by atoms with Gasteiger partial charge >= 0.3 is 0 Å². The maximum Gasteiger partial charge on any atom is 0.233 e. The molecule has 3 rings (SSSR count). The summed E-state index contributed by atoms with van der Waals surface area (Å²) in [5.41, 5.74) is 1.24. The SMILES string of the molecule is COc1ccc(OC2CCN(C(=O)CSCc3ccccc3)C2)nn1. The molecule has 132 valence electrons.